The van der Waals surface area contributed by atoms with Gasteiger partial charge in [0.1, 0.15) is 17.5 Å². The molecular weight excluding hydrogens is 243 g/mol. The van der Waals surface area contributed by atoms with Gasteiger partial charge in [0.25, 0.3) is 0 Å². The third-order valence-electron chi connectivity index (χ3n) is 2.82. The lowest BCUT2D eigenvalue weighted by Crippen LogP contribution is -2.20. The highest BCUT2D eigenvalue weighted by atomic mass is 19.1. The Hall–Kier alpha value is -2.43. The first-order chi connectivity index (χ1) is 8.99. The molecule has 0 saturated heterocycles. The van der Waals surface area contributed by atoms with Crippen LogP contribution < -0.4 is 10.6 Å². The number of benzene rings is 1. The zero-order valence-corrected chi connectivity index (χ0v) is 10.8. The maximum atomic E-state index is 13.3. The number of nitrogens with zero attached hydrogens (tertiary/aromatic N) is 2. The molecule has 1 heterocycles. The summed E-state index contributed by atoms with van der Waals surface area (Å²) in [5.74, 6) is 0.158. The van der Waals surface area contributed by atoms with Crippen LogP contribution in [0.1, 0.15) is 11.3 Å². The number of pyridine rings is 1. The Balaban J connectivity index is 2.51. The number of anilines is 2. The van der Waals surface area contributed by atoms with Crippen molar-refractivity contribution in [3.8, 4) is 0 Å². The number of hydrogen-bond donors (Lipinski definition) is 2. The van der Waals surface area contributed by atoms with Gasteiger partial charge in [-0.25, -0.2) is 9.37 Å². The zero-order chi connectivity index (χ0) is 14.0. The topological polar surface area (TPSA) is 66.0 Å². The van der Waals surface area contributed by atoms with Crippen molar-refractivity contribution in [2.45, 2.75) is 6.92 Å². The van der Waals surface area contributed by atoms with Crippen LogP contribution in [0.3, 0.4) is 0 Å². The smallest absolute Gasteiger partial charge is 0.144 e. The van der Waals surface area contributed by atoms with E-state index in [0.29, 0.717) is 17.1 Å². The lowest BCUT2D eigenvalue weighted by atomic mass is 10.2. The van der Waals surface area contributed by atoms with Crippen molar-refractivity contribution in [3.05, 3.63) is 53.5 Å². The number of halogens is 1. The lowest BCUT2D eigenvalue weighted by molar-refractivity contribution is 0.628. The number of hydrogen-bond acceptors (Lipinski definition) is 3. The molecule has 0 unspecified atom stereocenters. The standard InChI is InChI=1S/C14H15FN4/c1-9-6-7-12(13(16)17)14(18-9)19(2)11-5-3-4-10(15)8-11/h3-8H,1-2H3,(H3,16,17). The molecule has 4 nitrogen and oxygen atoms in total. The average Bonchev–Trinajstić information content (AvgIpc) is 2.37. The maximum absolute atomic E-state index is 13.3. The first-order valence-corrected chi connectivity index (χ1v) is 5.80. The highest BCUT2D eigenvalue weighted by Gasteiger charge is 2.13. The summed E-state index contributed by atoms with van der Waals surface area (Å²) in [7, 11) is 1.77. The van der Waals surface area contributed by atoms with Crippen LogP contribution in [0, 0.1) is 18.2 Å². The van der Waals surface area contributed by atoms with Gasteiger partial charge in [-0.05, 0) is 37.3 Å². The molecule has 2 aromatic rings. The maximum Gasteiger partial charge on any atom is 0.144 e. The number of aromatic nitrogens is 1. The van der Waals surface area contributed by atoms with Crippen LogP contribution in [0.5, 0.6) is 0 Å². The number of nitrogen functional groups attached to an aromatic ring is 1. The zero-order valence-electron chi connectivity index (χ0n) is 10.8. The van der Waals surface area contributed by atoms with Crippen molar-refractivity contribution in [3.63, 3.8) is 0 Å². The van der Waals surface area contributed by atoms with Crippen LogP contribution >= 0.6 is 0 Å². The van der Waals surface area contributed by atoms with E-state index in [1.54, 1.807) is 36.2 Å². The van der Waals surface area contributed by atoms with Gasteiger partial charge in [-0.15, -0.1) is 0 Å². The van der Waals surface area contributed by atoms with Gasteiger partial charge in [-0.3, -0.25) is 5.41 Å². The molecule has 3 N–H and O–H groups in total. The number of amidine groups is 1. The lowest BCUT2D eigenvalue weighted by Gasteiger charge is -2.21. The van der Waals surface area contributed by atoms with Crippen molar-refractivity contribution in [2.24, 2.45) is 5.73 Å². The molecule has 0 radical (unpaired) electrons. The minimum atomic E-state index is -0.318. The summed E-state index contributed by atoms with van der Waals surface area (Å²) in [6.45, 7) is 1.85. The van der Waals surface area contributed by atoms with Crippen LogP contribution in [-0.2, 0) is 0 Å². The molecule has 0 spiro atoms. The van der Waals surface area contributed by atoms with E-state index in [-0.39, 0.29) is 11.7 Å². The fourth-order valence-electron chi connectivity index (χ4n) is 1.82. The molecule has 0 atom stereocenters. The SMILES string of the molecule is Cc1ccc(C(=N)N)c(N(C)c2cccc(F)c2)n1. The normalized spacial score (nSPS) is 10.3. The molecule has 1 aromatic carbocycles. The summed E-state index contributed by atoms with van der Waals surface area (Å²) in [6, 6.07) is 9.73. The Morgan fingerprint density at radius 3 is 2.68 bits per heavy atom. The largest absolute Gasteiger partial charge is 0.384 e. The van der Waals surface area contributed by atoms with E-state index in [1.165, 1.54) is 12.1 Å². The molecule has 0 amide bonds. The van der Waals surface area contributed by atoms with Gasteiger partial charge in [-0.1, -0.05) is 6.07 Å². The summed E-state index contributed by atoms with van der Waals surface area (Å²) in [4.78, 5) is 6.10. The molecule has 0 bridgehead atoms. The highest BCUT2D eigenvalue weighted by Crippen LogP contribution is 2.25. The third-order valence-corrected chi connectivity index (χ3v) is 2.82. The molecule has 2 rings (SSSR count). The Labute approximate surface area is 111 Å². The molecule has 0 aliphatic rings. The van der Waals surface area contributed by atoms with Crippen molar-refractivity contribution in [1.29, 1.82) is 5.41 Å². The second kappa shape index (κ2) is 5.06. The van der Waals surface area contributed by atoms with E-state index in [0.717, 1.165) is 5.69 Å². The van der Waals surface area contributed by atoms with Crippen LogP contribution in [0.2, 0.25) is 0 Å². The van der Waals surface area contributed by atoms with Crippen molar-refractivity contribution >= 4 is 17.3 Å². The molecule has 0 fully saturated rings. The summed E-state index contributed by atoms with van der Waals surface area (Å²) in [6.07, 6.45) is 0. The van der Waals surface area contributed by atoms with E-state index in [9.17, 15) is 4.39 Å². The Morgan fingerprint density at radius 2 is 2.05 bits per heavy atom. The third kappa shape index (κ3) is 2.70. The first-order valence-electron chi connectivity index (χ1n) is 5.80. The fourth-order valence-corrected chi connectivity index (χ4v) is 1.82. The van der Waals surface area contributed by atoms with Gasteiger partial charge in [0.15, 0.2) is 0 Å². The van der Waals surface area contributed by atoms with Gasteiger partial charge in [0.2, 0.25) is 0 Å². The monoisotopic (exact) mass is 258 g/mol. The molecular formula is C14H15FN4. The number of nitrogens with one attached hydrogen (secondary N) is 1. The summed E-state index contributed by atoms with van der Waals surface area (Å²) in [5, 5.41) is 7.58. The van der Waals surface area contributed by atoms with Crippen molar-refractivity contribution in [1.82, 2.24) is 4.98 Å². The molecule has 19 heavy (non-hydrogen) atoms. The number of nitrogens with two attached hydrogens (primary N) is 1. The average molecular weight is 258 g/mol. The van der Waals surface area contributed by atoms with Gasteiger partial charge in [-0.2, -0.15) is 0 Å². The molecule has 0 aliphatic carbocycles. The second-order valence-corrected chi connectivity index (χ2v) is 4.28. The highest BCUT2D eigenvalue weighted by molar-refractivity contribution is 6.00. The van der Waals surface area contributed by atoms with Crippen LogP contribution in [0.15, 0.2) is 36.4 Å². The van der Waals surface area contributed by atoms with Gasteiger partial charge in [0, 0.05) is 18.4 Å². The quantitative estimate of drug-likeness (QED) is 0.657. The minimum absolute atomic E-state index is 0.0641. The van der Waals surface area contributed by atoms with E-state index < -0.39 is 0 Å². The Morgan fingerprint density at radius 1 is 1.32 bits per heavy atom. The van der Waals surface area contributed by atoms with E-state index >= 15 is 0 Å². The van der Waals surface area contributed by atoms with Crippen molar-refractivity contribution < 1.29 is 4.39 Å². The summed E-state index contributed by atoms with van der Waals surface area (Å²) in [5.41, 5.74) is 7.54. The minimum Gasteiger partial charge on any atom is -0.384 e. The molecule has 0 aliphatic heterocycles. The molecule has 1 aromatic heterocycles. The van der Waals surface area contributed by atoms with Gasteiger partial charge < -0.3 is 10.6 Å². The number of aryl methyl sites for hydroxylation is 1. The molecule has 98 valence electrons. The van der Waals surface area contributed by atoms with E-state index in [1.807, 2.05) is 6.92 Å². The van der Waals surface area contributed by atoms with E-state index in [4.69, 9.17) is 11.1 Å². The van der Waals surface area contributed by atoms with Crippen LogP contribution in [0.25, 0.3) is 0 Å². The Kier molecular flexibility index (Phi) is 3.46. The summed E-state index contributed by atoms with van der Waals surface area (Å²) < 4.78 is 13.3. The number of rotatable bonds is 3. The van der Waals surface area contributed by atoms with Gasteiger partial charge >= 0.3 is 0 Å². The second-order valence-electron chi connectivity index (χ2n) is 4.28. The predicted octanol–water partition coefficient (Wildman–Crippen LogP) is 2.58. The summed E-state index contributed by atoms with van der Waals surface area (Å²) >= 11 is 0. The van der Waals surface area contributed by atoms with Crippen LogP contribution in [0.4, 0.5) is 15.9 Å². The van der Waals surface area contributed by atoms with Crippen LogP contribution in [-0.4, -0.2) is 17.9 Å². The predicted molar refractivity (Wildman–Crippen MR) is 74.5 cm³/mol. The molecule has 0 saturated carbocycles. The first kappa shape index (κ1) is 13.0. The van der Waals surface area contributed by atoms with E-state index in [2.05, 4.69) is 4.98 Å². The molecule has 5 heteroatoms. The Bertz CT molecular complexity index is 625. The van der Waals surface area contributed by atoms with Gasteiger partial charge in [0.05, 0.1) is 5.56 Å². The van der Waals surface area contributed by atoms with Crippen molar-refractivity contribution in [2.75, 3.05) is 11.9 Å². The fraction of sp³-hybridized carbons (Fsp3) is 0.143.